The van der Waals surface area contributed by atoms with Gasteiger partial charge in [-0.1, -0.05) is 6.42 Å². The SMILES string of the molecule is CO[C@H]1CC[C@H](NC(=O)c2cc(C3CCC3)nc(Cl)n2)CC1. The second kappa shape index (κ2) is 6.92. The van der Waals surface area contributed by atoms with Crippen LogP contribution in [0.5, 0.6) is 0 Å². The lowest BCUT2D eigenvalue weighted by Gasteiger charge is -2.28. The Labute approximate surface area is 135 Å². The highest BCUT2D eigenvalue weighted by Crippen LogP contribution is 2.35. The number of aromatic nitrogens is 2. The molecule has 0 radical (unpaired) electrons. The number of nitrogens with zero attached hydrogens (tertiary/aromatic N) is 2. The molecule has 1 aromatic rings. The molecule has 0 atom stereocenters. The van der Waals surface area contributed by atoms with Gasteiger partial charge >= 0.3 is 0 Å². The van der Waals surface area contributed by atoms with Crippen LogP contribution < -0.4 is 5.32 Å². The highest BCUT2D eigenvalue weighted by molar-refractivity contribution is 6.28. The Morgan fingerprint density at radius 1 is 1.23 bits per heavy atom. The van der Waals surface area contributed by atoms with Crippen LogP contribution in [0.15, 0.2) is 6.07 Å². The molecule has 1 aromatic heterocycles. The van der Waals surface area contributed by atoms with Gasteiger partial charge in [0, 0.05) is 24.8 Å². The molecule has 1 amide bonds. The molecule has 2 aliphatic carbocycles. The van der Waals surface area contributed by atoms with Crippen molar-refractivity contribution >= 4 is 17.5 Å². The Balaban J connectivity index is 1.63. The second-order valence-electron chi connectivity index (χ2n) is 6.26. The molecule has 120 valence electrons. The lowest BCUT2D eigenvalue weighted by atomic mass is 9.82. The van der Waals surface area contributed by atoms with Crippen LogP contribution in [-0.2, 0) is 4.74 Å². The van der Waals surface area contributed by atoms with Gasteiger partial charge in [-0.05, 0) is 56.2 Å². The van der Waals surface area contributed by atoms with Crippen LogP contribution in [0.1, 0.15) is 67.0 Å². The maximum Gasteiger partial charge on any atom is 0.270 e. The summed E-state index contributed by atoms with van der Waals surface area (Å²) in [5, 5.41) is 3.23. The number of hydrogen-bond donors (Lipinski definition) is 1. The first-order chi connectivity index (χ1) is 10.7. The number of carbonyl (C=O) groups is 1. The predicted molar refractivity (Wildman–Crippen MR) is 84.2 cm³/mol. The summed E-state index contributed by atoms with van der Waals surface area (Å²) in [7, 11) is 1.74. The van der Waals surface area contributed by atoms with Crippen LogP contribution in [0.4, 0.5) is 0 Å². The van der Waals surface area contributed by atoms with Crippen molar-refractivity contribution in [2.75, 3.05) is 7.11 Å². The molecule has 1 heterocycles. The number of nitrogens with one attached hydrogen (secondary N) is 1. The molecule has 2 fully saturated rings. The van der Waals surface area contributed by atoms with Crippen LogP contribution in [0.25, 0.3) is 0 Å². The fourth-order valence-electron chi connectivity index (χ4n) is 3.17. The molecular formula is C16H22ClN3O2. The molecule has 0 unspecified atom stereocenters. The number of hydrogen-bond acceptors (Lipinski definition) is 4. The summed E-state index contributed by atoms with van der Waals surface area (Å²) in [5.41, 5.74) is 1.29. The van der Waals surface area contributed by atoms with Crippen LogP contribution in [0.2, 0.25) is 5.28 Å². The Morgan fingerprint density at radius 2 is 1.95 bits per heavy atom. The van der Waals surface area contributed by atoms with Crippen molar-refractivity contribution in [2.45, 2.75) is 63.0 Å². The largest absolute Gasteiger partial charge is 0.381 e. The Bertz CT molecular complexity index is 540. The molecule has 0 bridgehead atoms. The van der Waals surface area contributed by atoms with Crippen molar-refractivity contribution in [3.63, 3.8) is 0 Å². The minimum Gasteiger partial charge on any atom is -0.381 e. The summed E-state index contributed by atoms with van der Waals surface area (Å²) >= 11 is 5.98. The number of rotatable bonds is 4. The zero-order valence-corrected chi connectivity index (χ0v) is 13.6. The van der Waals surface area contributed by atoms with E-state index in [0.29, 0.717) is 17.7 Å². The van der Waals surface area contributed by atoms with E-state index in [0.717, 1.165) is 44.2 Å². The average Bonchev–Trinajstić information content (AvgIpc) is 2.45. The van der Waals surface area contributed by atoms with Crippen molar-refractivity contribution in [1.82, 2.24) is 15.3 Å². The maximum atomic E-state index is 12.4. The van der Waals surface area contributed by atoms with E-state index in [1.807, 2.05) is 0 Å². The van der Waals surface area contributed by atoms with E-state index in [2.05, 4.69) is 15.3 Å². The van der Waals surface area contributed by atoms with Gasteiger partial charge in [-0.2, -0.15) is 0 Å². The summed E-state index contributed by atoms with van der Waals surface area (Å²) in [6.07, 6.45) is 7.64. The lowest BCUT2D eigenvalue weighted by molar-refractivity contribution is 0.0598. The lowest BCUT2D eigenvalue weighted by Crippen LogP contribution is -2.39. The zero-order valence-electron chi connectivity index (χ0n) is 12.8. The molecule has 0 aromatic carbocycles. The standard InChI is InChI=1S/C16H22ClN3O2/c1-22-12-7-5-11(6-8-12)18-15(21)14-9-13(10-3-2-4-10)19-16(17)20-14/h9-12H,2-8H2,1H3,(H,18,21)/t11-,12-. The van der Waals surface area contributed by atoms with Gasteiger partial charge in [-0.25, -0.2) is 9.97 Å². The van der Waals surface area contributed by atoms with Crippen molar-refractivity contribution in [3.05, 3.63) is 22.7 Å². The van der Waals surface area contributed by atoms with Gasteiger partial charge in [0.25, 0.3) is 5.91 Å². The van der Waals surface area contributed by atoms with Gasteiger partial charge < -0.3 is 10.1 Å². The monoisotopic (exact) mass is 323 g/mol. The molecule has 2 aliphatic rings. The van der Waals surface area contributed by atoms with E-state index in [4.69, 9.17) is 16.3 Å². The van der Waals surface area contributed by atoms with Crippen molar-refractivity contribution < 1.29 is 9.53 Å². The van der Waals surface area contributed by atoms with E-state index < -0.39 is 0 Å². The molecule has 0 aliphatic heterocycles. The predicted octanol–water partition coefficient (Wildman–Crippen LogP) is 3.08. The minimum atomic E-state index is -0.147. The van der Waals surface area contributed by atoms with E-state index in [9.17, 15) is 4.79 Å². The fourth-order valence-corrected chi connectivity index (χ4v) is 3.36. The average molecular weight is 324 g/mol. The van der Waals surface area contributed by atoms with Gasteiger partial charge in [0.15, 0.2) is 0 Å². The topological polar surface area (TPSA) is 64.1 Å². The highest BCUT2D eigenvalue weighted by Gasteiger charge is 2.25. The van der Waals surface area contributed by atoms with E-state index >= 15 is 0 Å². The van der Waals surface area contributed by atoms with E-state index in [1.165, 1.54) is 6.42 Å². The second-order valence-corrected chi connectivity index (χ2v) is 6.60. The van der Waals surface area contributed by atoms with Gasteiger partial charge in [0.2, 0.25) is 5.28 Å². The Morgan fingerprint density at radius 3 is 2.55 bits per heavy atom. The fraction of sp³-hybridized carbons (Fsp3) is 0.688. The van der Waals surface area contributed by atoms with Crippen LogP contribution >= 0.6 is 11.6 Å². The molecule has 3 rings (SSSR count). The summed E-state index contributed by atoms with van der Waals surface area (Å²) < 4.78 is 5.35. The van der Waals surface area contributed by atoms with Gasteiger partial charge in [0.05, 0.1) is 6.10 Å². The Kier molecular flexibility index (Phi) is 4.93. The first kappa shape index (κ1) is 15.7. The third-order valence-corrected chi connectivity index (χ3v) is 4.99. The van der Waals surface area contributed by atoms with E-state index in [1.54, 1.807) is 13.2 Å². The number of amides is 1. The third-order valence-electron chi connectivity index (χ3n) is 4.82. The van der Waals surface area contributed by atoms with Crippen LogP contribution in [0.3, 0.4) is 0 Å². The number of methoxy groups -OCH3 is 1. The van der Waals surface area contributed by atoms with Crippen LogP contribution in [-0.4, -0.2) is 35.1 Å². The first-order valence-corrected chi connectivity index (χ1v) is 8.41. The molecule has 22 heavy (non-hydrogen) atoms. The van der Waals surface area contributed by atoms with Crippen LogP contribution in [0, 0.1) is 0 Å². The highest BCUT2D eigenvalue weighted by atomic mass is 35.5. The van der Waals surface area contributed by atoms with Crippen molar-refractivity contribution in [1.29, 1.82) is 0 Å². The summed E-state index contributed by atoms with van der Waals surface area (Å²) in [6.45, 7) is 0. The third kappa shape index (κ3) is 3.58. The van der Waals surface area contributed by atoms with Gasteiger partial charge in [-0.15, -0.1) is 0 Å². The normalized spacial score (nSPS) is 25.5. The zero-order chi connectivity index (χ0) is 15.5. The minimum absolute atomic E-state index is 0.147. The summed E-state index contributed by atoms with van der Waals surface area (Å²) in [5.74, 6) is 0.287. The summed E-state index contributed by atoms with van der Waals surface area (Å²) in [4.78, 5) is 20.8. The van der Waals surface area contributed by atoms with Crippen molar-refractivity contribution in [2.24, 2.45) is 0 Å². The Hall–Kier alpha value is -1.20. The number of halogens is 1. The summed E-state index contributed by atoms with van der Waals surface area (Å²) in [6, 6.07) is 1.99. The van der Waals surface area contributed by atoms with Gasteiger partial charge in [-0.3, -0.25) is 4.79 Å². The van der Waals surface area contributed by atoms with E-state index in [-0.39, 0.29) is 17.2 Å². The number of ether oxygens (including phenoxy) is 1. The quantitative estimate of drug-likeness (QED) is 0.865. The molecule has 0 saturated heterocycles. The number of carbonyl (C=O) groups excluding carboxylic acids is 1. The molecule has 0 spiro atoms. The maximum absolute atomic E-state index is 12.4. The molecule has 6 heteroatoms. The smallest absolute Gasteiger partial charge is 0.270 e. The molecule has 1 N–H and O–H groups in total. The molecular weight excluding hydrogens is 302 g/mol. The van der Waals surface area contributed by atoms with Gasteiger partial charge in [0.1, 0.15) is 5.69 Å². The molecule has 2 saturated carbocycles. The first-order valence-electron chi connectivity index (χ1n) is 8.04. The van der Waals surface area contributed by atoms with Crippen molar-refractivity contribution in [3.8, 4) is 0 Å². The molecule has 5 nitrogen and oxygen atoms in total.